The third-order valence-electron chi connectivity index (χ3n) is 5.39. The lowest BCUT2D eigenvalue weighted by atomic mass is 9.94. The van der Waals surface area contributed by atoms with E-state index in [1.165, 1.54) is 0 Å². The molecule has 1 N–H and O–H groups in total. The fourth-order valence-corrected chi connectivity index (χ4v) is 3.95. The molecule has 1 aromatic heterocycles. The first-order chi connectivity index (χ1) is 12.6. The Morgan fingerprint density at radius 2 is 1.81 bits per heavy atom. The van der Waals surface area contributed by atoms with Gasteiger partial charge in [0.05, 0.1) is 13.2 Å². The van der Waals surface area contributed by atoms with Crippen LogP contribution in [0.15, 0.2) is 0 Å². The zero-order valence-corrected chi connectivity index (χ0v) is 14.8. The average molecular weight is 360 g/mol. The summed E-state index contributed by atoms with van der Waals surface area (Å²) in [7, 11) is 0. The average Bonchev–Trinajstić information content (AvgIpc) is 3.21. The zero-order chi connectivity index (χ0) is 18.1. The maximum absolute atomic E-state index is 13.2. The summed E-state index contributed by atoms with van der Waals surface area (Å²) in [4.78, 5) is 37.5. The number of carboxylic acids is 1. The number of aromatic nitrogens is 2. The van der Waals surface area contributed by atoms with Gasteiger partial charge in [-0.25, -0.2) is 14.8 Å². The molecule has 26 heavy (non-hydrogen) atoms. The molecule has 1 amide bonds. The van der Waals surface area contributed by atoms with Gasteiger partial charge in [0.1, 0.15) is 5.69 Å². The number of rotatable bonds is 3. The van der Waals surface area contributed by atoms with Gasteiger partial charge in [0, 0.05) is 30.9 Å². The molecule has 1 unspecified atom stereocenters. The van der Waals surface area contributed by atoms with Crippen molar-refractivity contribution in [1.29, 1.82) is 0 Å². The van der Waals surface area contributed by atoms with Crippen molar-refractivity contribution in [3.8, 4) is 0 Å². The van der Waals surface area contributed by atoms with Crippen LogP contribution in [0.5, 0.6) is 0 Å². The van der Waals surface area contributed by atoms with Crippen molar-refractivity contribution in [2.45, 2.75) is 44.6 Å². The minimum absolute atomic E-state index is 0.0615. The van der Waals surface area contributed by atoms with E-state index in [0.29, 0.717) is 18.2 Å². The van der Waals surface area contributed by atoms with Gasteiger partial charge in [-0.1, -0.05) is 0 Å². The van der Waals surface area contributed by atoms with Crippen molar-refractivity contribution < 1.29 is 19.4 Å². The number of aryl methyl sites for hydroxylation is 1. The van der Waals surface area contributed by atoms with Gasteiger partial charge in [-0.3, -0.25) is 4.79 Å². The molecule has 0 saturated carbocycles. The fraction of sp³-hybridized carbons (Fsp3) is 0.667. The predicted octanol–water partition coefficient (Wildman–Crippen LogP) is 0.881. The molecule has 1 aromatic rings. The van der Waals surface area contributed by atoms with Crippen LogP contribution in [0.25, 0.3) is 0 Å². The number of morpholine rings is 1. The molecule has 4 rings (SSSR count). The highest BCUT2D eigenvalue weighted by atomic mass is 16.5. The van der Waals surface area contributed by atoms with Gasteiger partial charge in [-0.15, -0.1) is 0 Å². The van der Waals surface area contributed by atoms with Crippen molar-refractivity contribution in [2.75, 3.05) is 37.7 Å². The summed E-state index contributed by atoms with van der Waals surface area (Å²) in [6, 6.07) is 0. The van der Waals surface area contributed by atoms with E-state index in [1.807, 2.05) is 0 Å². The van der Waals surface area contributed by atoms with Crippen LogP contribution in [0, 0.1) is 0 Å². The molecule has 0 spiro atoms. The summed E-state index contributed by atoms with van der Waals surface area (Å²) in [5.74, 6) is -0.583. The third kappa shape index (κ3) is 3.25. The monoisotopic (exact) mass is 360 g/mol. The van der Waals surface area contributed by atoms with Crippen LogP contribution in [0.1, 0.15) is 47.4 Å². The van der Waals surface area contributed by atoms with E-state index < -0.39 is 12.1 Å². The molecule has 0 aromatic carbocycles. The van der Waals surface area contributed by atoms with Crippen molar-refractivity contribution in [2.24, 2.45) is 0 Å². The Kier molecular flexibility index (Phi) is 4.76. The quantitative estimate of drug-likeness (QED) is 0.855. The van der Waals surface area contributed by atoms with Crippen LogP contribution in [-0.4, -0.2) is 70.7 Å². The van der Waals surface area contributed by atoms with E-state index in [2.05, 4.69) is 9.88 Å². The first-order valence-corrected chi connectivity index (χ1v) is 9.42. The smallest absolute Gasteiger partial charge is 0.334 e. The van der Waals surface area contributed by atoms with Crippen molar-refractivity contribution in [3.63, 3.8) is 0 Å². The number of carboxylic acid groups (broad SMARTS) is 1. The van der Waals surface area contributed by atoms with Crippen LogP contribution in [0.2, 0.25) is 0 Å². The summed E-state index contributed by atoms with van der Waals surface area (Å²) < 4.78 is 5.24. The second kappa shape index (κ2) is 7.19. The van der Waals surface area contributed by atoms with Crippen LogP contribution < -0.4 is 4.90 Å². The lowest BCUT2D eigenvalue weighted by molar-refractivity contribution is -0.154. The maximum Gasteiger partial charge on any atom is 0.334 e. The normalized spacial score (nSPS) is 23.0. The van der Waals surface area contributed by atoms with Crippen molar-refractivity contribution in [1.82, 2.24) is 14.9 Å². The number of ether oxygens (including phenoxy) is 1. The van der Waals surface area contributed by atoms with Gasteiger partial charge in [0.25, 0.3) is 5.91 Å². The van der Waals surface area contributed by atoms with Crippen LogP contribution >= 0.6 is 0 Å². The van der Waals surface area contributed by atoms with E-state index in [1.54, 1.807) is 4.90 Å². The molecule has 3 aliphatic rings. The highest BCUT2D eigenvalue weighted by Crippen LogP contribution is 2.27. The molecule has 0 bridgehead atoms. The second-order valence-corrected chi connectivity index (χ2v) is 7.15. The molecule has 1 aliphatic carbocycles. The number of nitrogens with zero attached hydrogens (tertiary/aromatic N) is 4. The number of anilines is 1. The minimum Gasteiger partial charge on any atom is -0.479 e. The summed E-state index contributed by atoms with van der Waals surface area (Å²) >= 11 is 0. The number of carbonyl (C=O) groups excluding carboxylic acids is 1. The largest absolute Gasteiger partial charge is 0.479 e. The Hall–Kier alpha value is -2.22. The number of hydrogen-bond acceptors (Lipinski definition) is 6. The van der Waals surface area contributed by atoms with Gasteiger partial charge in [0.15, 0.2) is 6.10 Å². The zero-order valence-electron chi connectivity index (χ0n) is 14.8. The number of fused-ring (bicyclic) bond motifs is 1. The molecule has 1 atom stereocenters. The molecule has 8 nitrogen and oxygen atoms in total. The summed E-state index contributed by atoms with van der Waals surface area (Å²) in [5, 5.41) is 9.19. The molecule has 8 heteroatoms. The van der Waals surface area contributed by atoms with Crippen LogP contribution in [0.4, 0.5) is 5.95 Å². The number of aliphatic carboxylic acids is 1. The van der Waals surface area contributed by atoms with E-state index >= 15 is 0 Å². The van der Waals surface area contributed by atoms with Gasteiger partial charge < -0.3 is 19.6 Å². The predicted molar refractivity (Wildman–Crippen MR) is 93.4 cm³/mol. The summed E-state index contributed by atoms with van der Waals surface area (Å²) in [6.07, 6.45) is 5.06. The summed E-state index contributed by atoms with van der Waals surface area (Å²) in [6.45, 7) is 2.53. The maximum atomic E-state index is 13.2. The molecule has 140 valence electrons. The Labute approximate surface area is 152 Å². The molecule has 2 fully saturated rings. The summed E-state index contributed by atoms with van der Waals surface area (Å²) in [5.41, 5.74) is 2.39. The molecule has 3 heterocycles. The third-order valence-corrected chi connectivity index (χ3v) is 5.39. The Morgan fingerprint density at radius 3 is 2.58 bits per heavy atom. The number of amides is 1. The van der Waals surface area contributed by atoms with Gasteiger partial charge in [-0.05, 0) is 38.5 Å². The Balaban J connectivity index is 1.66. The van der Waals surface area contributed by atoms with Crippen LogP contribution in [0.3, 0.4) is 0 Å². The van der Waals surface area contributed by atoms with Gasteiger partial charge in [-0.2, -0.15) is 0 Å². The lowest BCUT2D eigenvalue weighted by Crippen LogP contribution is -2.49. The van der Waals surface area contributed by atoms with Gasteiger partial charge >= 0.3 is 5.97 Å². The molecule has 2 aliphatic heterocycles. The highest BCUT2D eigenvalue weighted by Gasteiger charge is 2.33. The lowest BCUT2D eigenvalue weighted by Gasteiger charge is -2.32. The first kappa shape index (κ1) is 17.2. The fourth-order valence-electron chi connectivity index (χ4n) is 3.95. The second-order valence-electron chi connectivity index (χ2n) is 7.15. The Bertz CT molecular complexity index is 717. The van der Waals surface area contributed by atoms with E-state index in [0.717, 1.165) is 62.9 Å². The topological polar surface area (TPSA) is 95.9 Å². The Morgan fingerprint density at radius 1 is 1.04 bits per heavy atom. The number of carbonyl (C=O) groups is 2. The SMILES string of the molecule is O=C(O)C1CN(C(=O)c2nc(N3CCCC3)nc3c2CCCC3)CCO1. The van der Waals surface area contributed by atoms with Crippen molar-refractivity contribution >= 4 is 17.8 Å². The van der Waals surface area contributed by atoms with E-state index in [4.69, 9.17) is 9.72 Å². The first-order valence-electron chi connectivity index (χ1n) is 9.42. The van der Waals surface area contributed by atoms with E-state index in [-0.39, 0.29) is 19.1 Å². The standard InChI is InChI=1S/C18H24N4O4/c23-16(22-9-10-26-14(11-22)17(24)25)15-12-5-1-2-6-13(12)19-18(20-15)21-7-3-4-8-21/h14H,1-11H2,(H,24,25). The number of hydrogen-bond donors (Lipinski definition) is 1. The van der Waals surface area contributed by atoms with Crippen molar-refractivity contribution in [3.05, 3.63) is 17.0 Å². The van der Waals surface area contributed by atoms with Gasteiger partial charge in [0.2, 0.25) is 5.95 Å². The molecular formula is C18H24N4O4. The molecule has 2 saturated heterocycles. The van der Waals surface area contributed by atoms with Crippen LogP contribution in [-0.2, 0) is 22.4 Å². The highest BCUT2D eigenvalue weighted by molar-refractivity contribution is 5.95. The van der Waals surface area contributed by atoms with E-state index in [9.17, 15) is 14.7 Å². The minimum atomic E-state index is -1.04. The molecular weight excluding hydrogens is 336 g/mol. The molecule has 0 radical (unpaired) electrons.